The summed E-state index contributed by atoms with van der Waals surface area (Å²) in [6, 6.07) is 5.54. The van der Waals surface area contributed by atoms with Crippen LogP contribution in [0.15, 0.2) is 28.9 Å². The van der Waals surface area contributed by atoms with Gasteiger partial charge in [-0.3, -0.25) is 14.3 Å². The summed E-state index contributed by atoms with van der Waals surface area (Å²) < 4.78 is 13.0. The van der Waals surface area contributed by atoms with Crippen LogP contribution in [0.4, 0.5) is 0 Å². The normalized spacial score (nSPS) is 26.7. The van der Waals surface area contributed by atoms with Crippen molar-refractivity contribution in [3.05, 3.63) is 30.2 Å². The molecule has 0 bridgehead atoms. The van der Waals surface area contributed by atoms with Crippen molar-refractivity contribution in [1.29, 1.82) is 0 Å². The fourth-order valence-corrected chi connectivity index (χ4v) is 5.23. The Morgan fingerprint density at radius 1 is 1.22 bits per heavy atom. The molecule has 172 valence electrons. The number of nitrogens with one attached hydrogen (secondary N) is 1. The summed E-state index contributed by atoms with van der Waals surface area (Å²) in [6.45, 7) is 3.29. The summed E-state index contributed by atoms with van der Waals surface area (Å²) in [4.78, 5) is 29.0. The van der Waals surface area contributed by atoms with Crippen molar-refractivity contribution in [1.82, 2.24) is 20.0 Å². The van der Waals surface area contributed by atoms with Crippen LogP contribution >= 0.6 is 0 Å². The lowest BCUT2D eigenvalue weighted by Gasteiger charge is -2.44. The molecule has 3 aliphatic rings. The predicted octanol–water partition coefficient (Wildman–Crippen LogP) is 3.38. The predicted molar refractivity (Wildman–Crippen MR) is 118 cm³/mol. The summed E-state index contributed by atoms with van der Waals surface area (Å²) in [6.07, 6.45) is 10.1. The van der Waals surface area contributed by atoms with E-state index in [1.807, 2.05) is 13.0 Å². The van der Waals surface area contributed by atoms with Gasteiger partial charge in [0.25, 0.3) is 5.91 Å². The summed E-state index contributed by atoms with van der Waals surface area (Å²) in [5.41, 5.74) is 0.0485. The van der Waals surface area contributed by atoms with Gasteiger partial charge in [-0.25, -0.2) is 0 Å². The molecule has 2 aromatic heterocycles. The third-order valence-corrected chi connectivity index (χ3v) is 7.16. The van der Waals surface area contributed by atoms with E-state index in [9.17, 15) is 9.59 Å². The molecule has 32 heavy (non-hydrogen) atoms. The zero-order chi connectivity index (χ0) is 22.1. The van der Waals surface area contributed by atoms with E-state index in [-0.39, 0.29) is 24.0 Å². The molecule has 2 amide bonds. The molecule has 1 saturated carbocycles. The molecule has 1 aliphatic carbocycles. The van der Waals surface area contributed by atoms with E-state index in [1.54, 1.807) is 28.0 Å². The molecular formula is C24H32N4O4. The number of hydrogen-bond donors (Lipinski definition) is 1. The second kappa shape index (κ2) is 8.73. The van der Waals surface area contributed by atoms with Gasteiger partial charge in [0.05, 0.1) is 18.9 Å². The van der Waals surface area contributed by atoms with Crippen molar-refractivity contribution >= 4 is 11.8 Å². The van der Waals surface area contributed by atoms with E-state index in [0.29, 0.717) is 36.8 Å². The summed E-state index contributed by atoms with van der Waals surface area (Å²) >= 11 is 0. The van der Waals surface area contributed by atoms with Crippen molar-refractivity contribution in [2.45, 2.75) is 82.5 Å². The lowest BCUT2D eigenvalue weighted by Crippen LogP contribution is -2.66. The minimum Gasteiger partial charge on any atom is -0.463 e. The number of ether oxygens (including phenoxy) is 1. The molecule has 2 unspecified atom stereocenters. The van der Waals surface area contributed by atoms with Crippen molar-refractivity contribution in [3.63, 3.8) is 0 Å². The van der Waals surface area contributed by atoms with Gasteiger partial charge in [0.1, 0.15) is 16.9 Å². The maximum Gasteiger partial charge on any atom is 0.273 e. The van der Waals surface area contributed by atoms with Crippen molar-refractivity contribution < 1.29 is 18.7 Å². The third-order valence-electron chi connectivity index (χ3n) is 7.16. The van der Waals surface area contributed by atoms with E-state index in [1.165, 1.54) is 12.8 Å². The SMILES string of the molecule is CC1(C(=O)NC2CCCCCC2)Cn2nc(-c3ccco3)cc2C(=O)N1CC1CCCO1. The topological polar surface area (TPSA) is 89.6 Å². The first kappa shape index (κ1) is 21.2. The van der Waals surface area contributed by atoms with Gasteiger partial charge in [0.2, 0.25) is 5.91 Å². The Kier molecular flexibility index (Phi) is 5.80. The van der Waals surface area contributed by atoms with Crippen LogP contribution in [0.1, 0.15) is 68.8 Å². The third kappa shape index (κ3) is 3.96. The number of carbonyl (C=O) groups excluding carboxylic acids is 2. The highest BCUT2D eigenvalue weighted by molar-refractivity contribution is 6.00. The first-order valence-electron chi connectivity index (χ1n) is 11.9. The average Bonchev–Trinajstić information content (AvgIpc) is 3.52. The van der Waals surface area contributed by atoms with Gasteiger partial charge in [-0.2, -0.15) is 5.10 Å². The zero-order valence-electron chi connectivity index (χ0n) is 18.7. The summed E-state index contributed by atoms with van der Waals surface area (Å²) in [5.74, 6) is 0.321. The Bertz CT molecular complexity index is 955. The Morgan fingerprint density at radius 3 is 2.72 bits per heavy atom. The van der Waals surface area contributed by atoms with Crippen LogP contribution in [0.2, 0.25) is 0 Å². The fraction of sp³-hybridized carbons (Fsp3) is 0.625. The molecule has 8 heteroatoms. The standard InChI is InChI=1S/C24H32N4O4/c1-24(23(30)25-17-8-4-2-3-5-9-17)16-28-20(14-19(26-28)21-11-7-13-32-21)22(29)27(24)15-18-10-6-12-31-18/h7,11,13-14,17-18H,2-6,8-10,12,15-16H2,1H3,(H,25,30). The highest BCUT2D eigenvalue weighted by Crippen LogP contribution is 2.32. The minimum absolute atomic E-state index is 0.0389. The quantitative estimate of drug-likeness (QED) is 0.720. The maximum atomic E-state index is 13.7. The molecule has 2 aliphatic heterocycles. The molecule has 1 saturated heterocycles. The van der Waals surface area contributed by atoms with Crippen LogP contribution in [0.3, 0.4) is 0 Å². The summed E-state index contributed by atoms with van der Waals surface area (Å²) in [5, 5.41) is 7.89. The number of carbonyl (C=O) groups is 2. The van der Waals surface area contributed by atoms with Crippen molar-refractivity contribution in [3.8, 4) is 11.5 Å². The van der Waals surface area contributed by atoms with Crippen LogP contribution < -0.4 is 5.32 Å². The number of amides is 2. The number of rotatable bonds is 5. The Labute approximate surface area is 188 Å². The molecule has 2 aromatic rings. The van der Waals surface area contributed by atoms with E-state index in [2.05, 4.69) is 10.4 Å². The van der Waals surface area contributed by atoms with Gasteiger partial charge in [-0.1, -0.05) is 25.7 Å². The van der Waals surface area contributed by atoms with Crippen LogP contribution in [-0.4, -0.2) is 57.3 Å². The highest BCUT2D eigenvalue weighted by atomic mass is 16.5. The fourth-order valence-electron chi connectivity index (χ4n) is 5.23. The van der Waals surface area contributed by atoms with Crippen molar-refractivity contribution in [2.75, 3.05) is 13.2 Å². The lowest BCUT2D eigenvalue weighted by atomic mass is 9.93. The van der Waals surface area contributed by atoms with E-state index < -0.39 is 5.54 Å². The number of furan rings is 1. The molecular weight excluding hydrogens is 408 g/mol. The van der Waals surface area contributed by atoms with Gasteiger partial charge in [-0.15, -0.1) is 0 Å². The minimum atomic E-state index is -1.03. The first-order valence-corrected chi connectivity index (χ1v) is 11.9. The Balaban J connectivity index is 1.45. The molecule has 0 radical (unpaired) electrons. The van der Waals surface area contributed by atoms with E-state index in [4.69, 9.17) is 9.15 Å². The average molecular weight is 441 g/mol. The molecule has 0 aromatic carbocycles. The monoisotopic (exact) mass is 440 g/mol. The van der Waals surface area contributed by atoms with E-state index >= 15 is 0 Å². The second-order valence-corrected chi connectivity index (χ2v) is 9.54. The van der Waals surface area contributed by atoms with E-state index in [0.717, 1.165) is 38.5 Å². The molecule has 4 heterocycles. The molecule has 2 atom stereocenters. The summed E-state index contributed by atoms with van der Waals surface area (Å²) in [7, 11) is 0. The largest absolute Gasteiger partial charge is 0.463 e. The van der Waals surface area contributed by atoms with Gasteiger partial charge in [-0.05, 0) is 44.7 Å². The number of fused-ring (bicyclic) bond motifs is 1. The molecule has 1 N–H and O–H groups in total. The van der Waals surface area contributed by atoms with Crippen LogP contribution in [-0.2, 0) is 16.1 Å². The van der Waals surface area contributed by atoms with Gasteiger partial charge < -0.3 is 19.4 Å². The lowest BCUT2D eigenvalue weighted by molar-refractivity contribution is -0.134. The van der Waals surface area contributed by atoms with Crippen LogP contribution in [0.25, 0.3) is 11.5 Å². The van der Waals surface area contributed by atoms with Gasteiger partial charge in [0.15, 0.2) is 5.76 Å². The van der Waals surface area contributed by atoms with Gasteiger partial charge >= 0.3 is 0 Å². The number of nitrogens with zero attached hydrogens (tertiary/aromatic N) is 3. The highest BCUT2D eigenvalue weighted by Gasteiger charge is 2.49. The zero-order valence-corrected chi connectivity index (χ0v) is 18.7. The Hall–Kier alpha value is -2.61. The first-order chi connectivity index (χ1) is 15.5. The molecule has 2 fully saturated rings. The van der Waals surface area contributed by atoms with Gasteiger partial charge in [0, 0.05) is 25.3 Å². The number of aromatic nitrogens is 2. The maximum absolute atomic E-state index is 13.7. The van der Waals surface area contributed by atoms with Crippen LogP contribution in [0.5, 0.6) is 0 Å². The number of hydrogen-bond acceptors (Lipinski definition) is 5. The Morgan fingerprint density at radius 2 is 2.03 bits per heavy atom. The van der Waals surface area contributed by atoms with Crippen LogP contribution in [0, 0.1) is 0 Å². The van der Waals surface area contributed by atoms with Crippen molar-refractivity contribution in [2.24, 2.45) is 0 Å². The molecule has 8 nitrogen and oxygen atoms in total. The molecule has 5 rings (SSSR count). The second-order valence-electron chi connectivity index (χ2n) is 9.54. The molecule has 0 spiro atoms. The smallest absolute Gasteiger partial charge is 0.273 e.